The van der Waals surface area contributed by atoms with Crippen LogP contribution in [0.25, 0.3) is 11.5 Å². The second kappa shape index (κ2) is 6.53. The molecule has 0 atom stereocenters. The molecular weight excluding hydrogens is 384 g/mol. The Labute approximate surface area is 153 Å². The highest BCUT2D eigenvalue weighted by atomic mass is 79.9. The number of hydrogen-bond acceptors (Lipinski definition) is 7. The average molecular weight is 399 g/mol. The zero-order valence-electron chi connectivity index (χ0n) is 13.6. The Bertz CT molecular complexity index is 946. The number of rotatable bonds is 4. The quantitative estimate of drug-likeness (QED) is 0.688. The van der Waals surface area contributed by atoms with E-state index in [1.165, 1.54) is 0 Å². The molecule has 8 heteroatoms. The fraction of sp³-hybridized carbons (Fsp3) is 0.176. The van der Waals surface area contributed by atoms with Gasteiger partial charge in [0.25, 0.3) is 0 Å². The van der Waals surface area contributed by atoms with Crippen LogP contribution in [0.1, 0.15) is 25.1 Å². The van der Waals surface area contributed by atoms with Crippen LogP contribution >= 0.6 is 15.9 Å². The third-order valence-corrected chi connectivity index (χ3v) is 4.01. The van der Waals surface area contributed by atoms with Crippen molar-refractivity contribution < 1.29 is 4.42 Å². The first-order valence-electron chi connectivity index (χ1n) is 7.44. The summed E-state index contributed by atoms with van der Waals surface area (Å²) in [4.78, 5) is 12.7. The Hall–Kier alpha value is -2.92. The molecule has 0 saturated carbocycles. The molecule has 7 nitrogen and oxygen atoms in total. The zero-order chi connectivity index (χ0) is 18.0. The predicted molar refractivity (Wildman–Crippen MR) is 97.4 cm³/mol. The summed E-state index contributed by atoms with van der Waals surface area (Å²) in [5.41, 5.74) is 6.66. The van der Waals surface area contributed by atoms with Gasteiger partial charge in [0.15, 0.2) is 16.2 Å². The maximum Gasteiger partial charge on any atom is 0.222 e. The molecule has 0 spiro atoms. The van der Waals surface area contributed by atoms with Crippen molar-refractivity contribution in [3.8, 4) is 17.5 Å². The molecule has 0 amide bonds. The van der Waals surface area contributed by atoms with Gasteiger partial charge in [-0.05, 0) is 54.0 Å². The molecule has 3 rings (SSSR count). The van der Waals surface area contributed by atoms with Crippen molar-refractivity contribution in [1.29, 1.82) is 5.26 Å². The van der Waals surface area contributed by atoms with Crippen molar-refractivity contribution in [3.05, 3.63) is 52.5 Å². The predicted octanol–water partition coefficient (Wildman–Crippen LogP) is 3.70. The van der Waals surface area contributed by atoms with Crippen molar-refractivity contribution in [1.82, 2.24) is 15.0 Å². The lowest BCUT2D eigenvalue weighted by atomic mass is 9.99. The molecule has 0 saturated heterocycles. The maximum absolute atomic E-state index is 9.65. The van der Waals surface area contributed by atoms with Crippen LogP contribution in [-0.4, -0.2) is 15.0 Å². The summed E-state index contributed by atoms with van der Waals surface area (Å²) in [6, 6.07) is 11.2. The van der Waals surface area contributed by atoms with Crippen LogP contribution in [0.4, 0.5) is 11.8 Å². The van der Waals surface area contributed by atoms with Gasteiger partial charge in [-0.15, -0.1) is 0 Å². The summed E-state index contributed by atoms with van der Waals surface area (Å²) < 4.78 is 6.05. The second-order valence-electron chi connectivity index (χ2n) is 5.83. The molecule has 0 unspecified atom stereocenters. The van der Waals surface area contributed by atoms with Gasteiger partial charge in [0, 0.05) is 6.20 Å². The average Bonchev–Trinajstić information content (AvgIpc) is 3.01. The van der Waals surface area contributed by atoms with E-state index in [2.05, 4.69) is 42.3 Å². The van der Waals surface area contributed by atoms with Gasteiger partial charge in [-0.2, -0.15) is 10.2 Å². The maximum atomic E-state index is 9.65. The van der Waals surface area contributed by atoms with Crippen LogP contribution in [0.2, 0.25) is 0 Å². The molecule has 0 aliphatic rings. The van der Waals surface area contributed by atoms with Gasteiger partial charge in [0.05, 0.1) is 11.2 Å². The summed E-state index contributed by atoms with van der Waals surface area (Å²) in [6.45, 7) is 3.88. The highest BCUT2D eigenvalue weighted by Crippen LogP contribution is 2.32. The van der Waals surface area contributed by atoms with E-state index in [0.717, 1.165) is 5.69 Å². The molecule has 3 N–H and O–H groups in total. The van der Waals surface area contributed by atoms with Gasteiger partial charge in [-0.3, -0.25) is 4.98 Å². The second-order valence-corrected chi connectivity index (χ2v) is 6.62. The molecule has 25 heavy (non-hydrogen) atoms. The topological polar surface area (TPSA) is 114 Å². The number of nitrogens with zero attached hydrogens (tertiary/aromatic N) is 4. The molecule has 3 aromatic rings. The minimum atomic E-state index is -0.575. The highest BCUT2D eigenvalue weighted by molar-refractivity contribution is 9.10. The Kier molecular flexibility index (Phi) is 4.42. The van der Waals surface area contributed by atoms with Gasteiger partial charge in [0.2, 0.25) is 5.95 Å². The lowest BCUT2D eigenvalue weighted by Crippen LogP contribution is -2.30. The van der Waals surface area contributed by atoms with Crippen molar-refractivity contribution in [3.63, 3.8) is 0 Å². The van der Waals surface area contributed by atoms with Crippen LogP contribution in [0.3, 0.4) is 0 Å². The Morgan fingerprint density at radius 1 is 1.24 bits per heavy atom. The molecule has 0 aliphatic heterocycles. The lowest BCUT2D eigenvalue weighted by Gasteiger charge is -2.27. The first kappa shape index (κ1) is 16.9. The number of nitrogen functional groups attached to an aromatic ring is 1. The van der Waals surface area contributed by atoms with E-state index in [0.29, 0.717) is 21.9 Å². The molecule has 3 heterocycles. The Morgan fingerprint density at radius 3 is 2.64 bits per heavy atom. The monoisotopic (exact) mass is 398 g/mol. The highest BCUT2D eigenvalue weighted by Gasteiger charge is 2.26. The minimum absolute atomic E-state index is 0.0424. The zero-order valence-corrected chi connectivity index (χ0v) is 15.2. The van der Waals surface area contributed by atoms with Gasteiger partial charge in [-0.1, -0.05) is 6.07 Å². The van der Waals surface area contributed by atoms with Crippen molar-refractivity contribution in [2.24, 2.45) is 0 Å². The number of furan rings is 1. The van der Waals surface area contributed by atoms with Gasteiger partial charge in [0.1, 0.15) is 17.3 Å². The molecule has 0 aliphatic carbocycles. The van der Waals surface area contributed by atoms with E-state index in [1.807, 2.05) is 32.0 Å². The summed E-state index contributed by atoms with van der Waals surface area (Å²) in [5, 5.41) is 12.9. The number of nitrogens with one attached hydrogen (secondary N) is 1. The van der Waals surface area contributed by atoms with E-state index >= 15 is 0 Å². The van der Waals surface area contributed by atoms with Crippen molar-refractivity contribution >= 4 is 27.7 Å². The number of aromatic nitrogens is 3. The van der Waals surface area contributed by atoms with Crippen molar-refractivity contribution in [2.75, 3.05) is 11.1 Å². The van der Waals surface area contributed by atoms with Crippen LogP contribution in [0, 0.1) is 11.3 Å². The van der Waals surface area contributed by atoms with Crippen LogP contribution in [0.5, 0.6) is 0 Å². The van der Waals surface area contributed by atoms with Gasteiger partial charge in [-0.25, -0.2) is 4.98 Å². The van der Waals surface area contributed by atoms with E-state index < -0.39 is 5.54 Å². The smallest absolute Gasteiger partial charge is 0.222 e. The van der Waals surface area contributed by atoms with E-state index in [1.54, 1.807) is 18.3 Å². The van der Waals surface area contributed by atoms with Crippen LogP contribution in [0.15, 0.2) is 45.6 Å². The molecular formula is C17H15BrN6O. The number of anilines is 2. The normalized spacial score (nSPS) is 11.1. The first-order chi connectivity index (χ1) is 11.9. The fourth-order valence-corrected chi connectivity index (χ4v) is 2.69. The fourth-order valence-electron chi connectivity index (χ4n) is 2.39. The Balaban J connectivity index is 2.08. The molecule has 3 aromatic heterocycles. The molecule has 126 valence electrons. The largest absolute Gasteiger partial charge is 0.448 e. The third-order valence-electron chi connectivity index (χ3n) is 3.58. The van der Waals surface area contributed by atoms with Crippen molar-refractivity contribution in [2.45, 2.75) is 19.4 Å². The number of nitriles is 1. The number of halogens is 1. The molecule has 0 aromatic carbocycles. The van der Waals surface area contributed by atoms with Crippen LogP contribution < -0.4 is 11.1 Å². The molecule has 0 fully saturated rings. The lowest BCUT2D eigenvalue weighted by molar-refractivity contribution is 0.553. The summed E-state index contributed by atoms with van der Waals surface area (Å²) in [5.74, 6) is 0.797. The number of pyridine rings is 1. The minimum Gasteiger partial charge on any atom is -0.448 e. The van der Waals surface area contributed by atoms with E-state index in [-0.39, 0.29) is 11.5 Å². The molecule has 0 bridgehead atoms. The van der Waals surface area contributed by atoms with E-state index in [4.69, 9.17) is 10.2 Å². The van der Waals surface area contributed by atoms with Gasteiger partial charge >= 0.3 is 0 Å². The third kappa shape index (κ3) is 3.46. The standard InChI is InChI=1S/C17H15BrN6O/c1-17(2,12-5-3-4-8-21-12)24-15-10(9-19)14(22-16(20)23-15)11-6-7-13(18)25-11/h3-8H,1-2H3,(H3,20,22,23,24). The summed E-state index contributed by atoms with van der Waals surface area (Å²) in [7, 11) is 0. The number of nitrogens with two attached hydrogens (primary N) is 1. The van der Waals surface area contributed by atoms with E-state index in [9.17, 15) is 5.26 Å². The van der Waals surface area contributed by atoms with Gasteiger partial charge < -0.3 is 15.5 Å². The van der Waals surface area contributed by atoms with Crippen LogP contribution in [-0.2, 0) is 5.54 Å². The SMILES string of the molecule is CC(C)(Nc1nc(N)nc(-c2ccc(Br)o2)c1C#N)c1ccccn1. The summed E-state index contributed by atoms with van der Waals surface area (Å²) in [6.07, 6.45) is 1.71. The first-order valence-corrected chi connectivity index (χ1v) is 8.23. The Morgan fingerprint density at radius 2 is 2.04 bits per heavy atom. The molecule has 0 radical (unpaired) electrons. The number of hydrogen-bond donors (Lipinski definition) is 2. The summed E-state index contributed by atoms with van der Waals surface area (Å²) >= 11 is 3.24.